The van der Waals surface area contributed by atoms with E-state index in [0.717, 1.165) is 0 Å². The highest BCUT2D eigenvalue weighted by Gasteiger charge is 2.21. The number of nitrogens with zero attached hydrogens (tertiary/aromatic N) is 2. The number of hydrogen-bond acceptors (Lipinski definition) is 4. The molecule has 2 aromatic rings. The van der Waals surface area contributed by atoms with Crippen LogP contribution in [0.2, 0.25) is 5.02 Å². The molecule has 0 aliphatic carbocycles. The van der Waals surface area contributed by atoms with Crippen molar-refractivity contribution in [3.05, 3.63) is 50.5 Å². The highest BCUT2D eigenvalue weighted by atomic mass is 35.5. The van der Waals surface area contributed by atoms with Crippen molar-refractivity contribution < 1.29 is 4.39 Å². The van der Waals surface area contributed by atoms with Crippen molar-refractivity contribution in [2.24, 2.45) is 0 Å². The first-order valence-electron chi connectivity index (χ1n) is 5.31. The Bertz CT molecular complexity index is 845. The molecule has 0 bridgehead atoms. The molecule has 0 amide bonds. The number of aromatic nitrogens is 1. The first-order chi connectivity index (χ1) is 9.51. The van der Waals surface area contributed by atoms with Crippen LogP contribution in [-0.2, 0) is 0 Å². The Kier molecular flexibility index (Phi) is 3.43. The number of nitriles is 2. The van der Waals surface area contributed by atoms with Gasteiger partial charge in [0.1, 0.15) is 34.9 Å². The molecular weight excluding hydrogens is 283 g/mol. The van der Waals surface area contributed by atoms with Crippen LogP contribution in [0.15, 0.2) is 23.0 Å². The van der Waals surface area contributed by atoms with Gasteiger partial charge in [0.05, 0.1) is 5.02 Å². The van der Waals surface area contributed by atoms with Crippen molar-refractivity contribution in [2.45, 2.75) is 0 Å². The smallest absolute Gasteiger partial charge is 0.268 e. The molecule has 3 N–H and O–H groups in total. The minimum Gasteiger partial charge on any atom is -0.384 e. The van der Waals surface area contributed by atoms with Gasteiger partial charge < -0.3 is 10.7 Å². The van der Waals surface area contributed by atoms with Crippen LogP contribution in [-0.4, -0.2) is 4.98 Å². The molecule has 1 aromatic heterocycles. The van der Waals surface area contributed by atoms with E-state index in [9.17, 15) is 9.18 Å². The summed E-state index contributed by atoms with van der Waals surface area (Å²) in [4.78, 5) is 13.9. The van der Waals surface area contributed by atoms with Gasteiger partial charge in [-0.2, -0.15) is 10.5 Å². The van der Waals surface area contributed by atoms with E-state index in [1.54, 1.807) is 12.1 Å². The Morgan fingerprint density at radius 2 is 1.90 bits per heavy atom. The Hall–Kier alpha value is -2.83. The molecule has 0 saturated heterocycles. The largest absolute Gasteiger partial charge is 0.384 e. The summed E-state index contributed by atoms with van der Waals surface area (Å²) in [5.74, 6) is -1.06. The number of nitrogens with two attached hydrogens (primary N) is 1. The molecule has 5 nitrogen and oxygen atoms in total. The predicted molar refractivity (Wildman–Crippen MR) is 71.3 cm³/mol. The predicted octanol–water partition coefficient (Wildman–Crippen LogP) is 2.16. The van der Waals surface area contributed by atoms with E-state index in [2.05, 4.69) is 4.98 Å². The van der Waals surface area contributed by atoms with E-state index in [1.165, 1.54) is 18.2 Å². The molecule has 1 heterocycles. The summed E-state index contributed by atoms with van der Waals surface area (Å²) in [6.07, 6.45) is 0. The maximum Gasteiger partial charge on any atom is 0.268 e. The van der Waals surface area contributed by atoms with Gasteiger partial charge in [-0.3, -0.25) is 4.79 Å². The maximum atomic E-state index is 14.1. The zero-order valence-electron chi connectivity index (χ0n) is 9.87. The first kappa shape index (κ1) is 13.6. The van der Waals surface area contributed by atoms with Crippen LogP contribution in [0.4, 0.5) is 10.2 Å². The molecule has 0 aliphatic rings. The summed E-state index contributed by atoms with van der Waals surface area (Å²) in [5, 5.41) is 18.0. The van der Waals surface area contributed by atoms with Crippen LogP contribution in [0.1, 0.15) is 11.1 Å². The van der Waals surface area contributed by atoms with Crippen molar-refractivity contribution in [1.82, 2.24) is 4.98 Å². The van der Waals surface area contributed by atoms with Crippen molar-refractivity contribution in [2.75, 3.05) is 5.73 Å². The Balaban J connectivity index is 3.01. The zero-order valence-corrected chi connectivity index (χ0v) is 10.6. The average molecular weight is 289 g/mol. The molecule has 2 rings (SSSR count). The monoisotopic (exact) mass is 288 g/mol. The average Bonchev–Trinajstić information content (AvgIpc) is 2.41. The second kappa shape index (κ2) is 5.04. The van der Waals surface area contributed by atoms with E-state index in [1.807, 2.05) is 0 Å². The molecule has 0 saturated carbocycles. The fourth-order valence-corrected chi connectivity index (χ4v) is 1.98. The Morgan fingerprint density at radius 3 is 2.50 bits per heavy atom. The van der Waals surface area contributed by atoms with Gasteiger partial charge in [0.25, 0.3) is 5.56 Å². The van der Waals surface area contributed by atoms with E-state index in [-0.39, 0.29) is 27.5 Å². The molecule has 1 aromatic carbocycles. The maximum absolute atomic E-state index is 14.1. The third kappa shape index (κ3) is 1.99. The van der Waals surface area contributed by atoms with Crippen molar-refractivity contribution in [3.63, 3.8) is 0 Å². The highest BCUT2D eigenvalue weighted by molar-refractivity contribution is 6.31. The number of nitrogens with one attached hydrogen (secondary N) is 1. The van der Waals surface area contributed by atoms with Gasteiger partial charge in [-0.1, -0.05) is 23.7 Å². The third-order valence-electron chi connectivity index (χ3n) is 2.69. The van der Waals surface area contributed by atoms with Crippen molar-refractivity contribution >= 4 is 17.4 Å². The van der Waals surface area contributed by atoms with Crippen LogP contribution in [0.5, 0.6) is 0 Å². The lowest BCUT2D eigenvalue weighted by molar-refractivity contribution is 0.631. The summed E-state index contributed by atoms with van der Waals surface area (Å²) in [6, 6.07) is 7.48. The van der Waals surface area contributed by atoms with E-state index < -0.39 is 16.9 Å². The summed E-state index contributed by atoms with van der Waals surface area (Å²) in [5.41, 5.74) is 3.90. The number of nitrogen functional groups attached to an aromatic ring is 1. The van der Waals surface area contributed by atoms with Gasteiger partial charge in [-0.15, -0.1) is 0 Å². The van der Waals surface area contributed by atoms with Gasteiger partial charge in [0.15, 0.2) is 0 Å². The van der Waals surface area contributed by atoms with E-state index in [4.69, 9.17) is 27.9 Å². The molecule has 0 fully saturated rings. The Morgan fingerprint density at radius 1 is 1.25 bits per heavy atom. The molecule has 20 heavy (non-hydrogen) atoms. The SMILES string of the molecule is N#Cc1c(N)[nH]c(=O)c(C#N)c1-c1cccc(Cl)c1F. The third-order valence-corrected chi connectivity index (χ3v) is 2.98. The number of anilines is 1. The molecule has 0 unspecified atom stereocenters. The number of aromatic amines is 1. The molecule has 0 atom stereocenters. The van der Waals surface area contributed by atoms with Gasteiger partial charge >= 0.3 is 0 Å². The summed E-state index contributed by atoms with van der Waals surface area (Å²) in [6.45, 7) is 0. The number of pyridine rings is 1. The van der Waals surface area contributed by atoms with Crippen LogP contribution in [0.25, 0.3) is 11.1 Å². The molecule has 0 aliphatic heterocycles. The van der Waals surface area contributed by atoms with Gasteiger partial charge in [-0.25, -0.2) is 4.39 Å². The van der Waals surface area contributed by atoms with E-state index in [0.29, 0.717) is 0 Å². The van der Waals surface area contributed by atoms with Crippen LogP contribution >= 0.6 is 11.6 Å². The highest BCUT2D eigenvalue weighted by Crippen LogP contribution is 2.32. The molecular formula is C13H6ClFN4O. The van der Waals surface area contributed by atoms with Crippen LogP contribution < -0.4 is 11.3 Å². The minimum atomic E-state index is -0.827. The fraction of sp³-hybridized carbons (Fsp3) is 0. The lowest BCUT2D eigenvalue weighted by Gasteiger charge is -2.10. The van der Waals surface area contributed by atoms with Gasteiger partial charge in [0, 0.05) is 11.1 Å². The summed E-state index contributed by atoms with van der Waals surface area (Å²) >= 11 is 5.68. The second-order valence-corrected chi connectivity index (χ2v) is 4.22. The Labute approximate surface area is 117 Å². The fourth-order valence-electron chi connectivity index (χ4n) is 1.81. The minimum absolute atomic E-state index is 0.122. The zero-order chi connectivity index (χ0) is 14.9. The lowest BCUT2D eigenvalue weighted by Crippen LogP contribution is -2.16. The standard InChI is InChI=1S/C13H6ClFN4O/c14-9-3-1-2-6(11(9)15)10-7(4-16)12(18)19-13(20)8(10)5-17/h1-3H,(H3,18,19,20). The van der Waals surface area contributed by atoms with Gasteiger partial charge in [0.2, 0.25) is 0 Å². The number of hydrogen-bond donors (Lipinski definition) is 2. The topological polar surface area (TPSA) is 106 Å². The lowest BCUT2D eigenvalue weighted by atomic mass is 9.96. The van der Waals surface area contributed by atoms with Crippen LogP contribution in [0.3, 0.4) is 0 Å². The summed E-state index contributed by atoms with van der Waals surface area (Å²) < 4.78 is 14.1. The number of halogens is 2. The first-order valence-corrected chi connectivity index (χ1v) is 5.69. The number of H-pyrrole nitrogens is 1. The summed E-state index contributed by atoms with van der Waals surface area (Å²) in [7, 11) is 0. The normalized spacial score (nSPS) is 9.80. The number of rotatable bonds is 1. The van der Waals surface area contributed by atoms with Crippen molar-refractivity contribution in [1.29, 1.82) is 10.5 Å². The van der Waals surface area contributed by atoms with Crippen LogP contribution in [0, 0.1) is 28.5 Å². The quantitative estimate of drug-likeness (QED) is 0.838. The van der Waals surface area contributed by atoms with E-state index >= 15 is 0 Å². The molecule has 0 radical (unpaired) electrons. The molecule has 0 spiro atoms. The van der Waals surface area contributed by atoms with Gasteiger partial charge in [-0.05, 0) is 6.07 Å². The molecule has 98 valence electrons. The number of benzene rings is 1. The second-order valence-electron chi connectivity index (χ2n) is 3.82. The molecule has 7 heteroatoms. The van der Waals surface area contributed by atoms with Crippen molar-refractivity contribution in [3.8, 4) is 23.3 Å².